The maximum atomic E-state index is 12.5. The quantitative estimate of drug-likeness (QED) is 0.583. The number of nitrogens with zero attached hydrogens (tertiary/aromatic N) is 1. The molecular weight excluding hydrogens is 262 g/mol. The molecular formula is C15H14ClNO2. The number of hydrogen-bond donors (Lipinski definition) is 0. The van der Waals surface area contributed by atoms with Gasteiger partial charge in [-0.2, -0.15) is 0 Å². The van der Waals surface area contributed by atoms with Crippen LogP contribution < -0.4 is 4.90 Å². The van der Waals surface area contributed by atoms with Crippen LogP contribution in [-0.2, 0) is 9.59 Å². The van der Waals surface area contributed by atoms with Crippen LogP contribution in [0, 0.1) is 17.8 Å². The molecule has 3 nitrogen and oxygen atoms in total. The Kier molecular flexibility index (Phi) is 2.94. The first-order valence-electron chi connectivity index (χ1n) is 6.39. The molecule has 3 atom stereocenters. The number of carbonyl (C=O) groups excluding carboxylic acids is 2. The molecule has 1 aliphatic carbocycles. The van der Waals surface area contributed by atoms with E-state index in [1.54, 1.807) is 24.3 Å². The van der Waals surface area contributed by atoms with Gasteiger partial charge >= 0.3 is 0 Å². The maximum Gasteiger partial charge on any atom is 0.238 e. The van der Waals surface area contributed by atoms with Gasteiger partial charge in [-0.1, -0.05) is 36.7 Å². The number of amides is 2. The van der Waals surface area contributed by atoms with E-state index in [1.165, 1.54) is 4.90 Å². The first-order valence-corrected chi connectivity index (χ1v) is 6.77. The number of anilines is 1. The first kappa shape index (κ1) is 12.4. The highest BCUT2D eigenvalue weighted by atomic mass is 35.5. The van der Waals surface area contributed by atoms with Gasteiger partial charge in [-0.3, -0.25) is 9.59 Å². The lowest BCUT2D eigenvalue weighted by Crippen LogP contribution is -2.31. The maximum absolute atomic E-state index is 12.5. The SMILES string of the molecule is C[C@H]1C=CC[C@H]2C(=O)N(c3cccc(Cl)c3)C(=O)[C@H]12. The molecule has 2 aliphatic rings. The minimum Gasteiger partial charge on any atom is -0.274 e. The van der Waals surface area contributed by atoms with Gasteiger partial charge < -0.3 is 0 Å². The van der Waals surface area contributed by atoms with Gasteiger partial charge in [0.25, 0.3) is 0 Å². The fourth-order valence-electron chi connectivity index (χ4n) is 3.02. The molecule has 1 fully saturated rings. The van der Waals surface area contributed by atoms with E-state index < -0.39 is 0 Å². The second-order valence-electron chi connectivity index (χ2n) is 5.15. The normalized spacial score (nSPS) is 29.8. The molecule has 1 saturated heterocycles. The van der Waals surface area contributed by atoms with Crippen LogP contribution in [0.15, 0.2) is 36.4 Å². The first-order chi connectivity index (χ1) is 9.09. The number of benzene rings is 1. The topological polar surface area (TPSA) is 37.4 Å². The van der Waals surface area contributed by atoms with E-state index in [0.717, 1.165) is 0 Å². The average molecular weight is 276 g/mol. The monoisotopic (exact) mass is 275 g/mol. The summed E-state index contributed by atoms with van der Waals surface area (Å²) >= 11 is 5.94. The molecule has 1 aliphatic heterocycles. The van der Waals surface area contributed by atoms with E-state index in [1.807, 2.05) is 19.1 Å². The summed E-state index contributed by atoms with van der Waals surface area (Å²) in [6.07, 6.45) is 4.67. The minimum absolute atomic E-state index is 0.103. The van der Waals surface area contributed by atoms with Crippen molar-refractivity contribution < 1.29 is 9.59 Å². The fraction of sp³-hybridized carbons (Fsp3) is 0.333. The van der Waals surface area contributed by atoms with Crippen LogP contribution in [0.4, 0.5) is 5.69 Å². The zero-order valence-electron chi connectivity index (χ0n) is 10.5. The second kappa shape index (κ2) is 4.49. The highest BCUT2D eigenvalue weighted by Crippen LogP contribution is 2.40. The van der Waals surface area contributed by atoms with Crippen molar-refractivity contribution in [3.63, 3.8) is 0 Å². The molecule has 3 rings (SSSR count). The van der Waals surface area contributed by atoms with Crippen molar-refractivity contribution in [1.82, 2.24) is 0 Å². The Morgan fingerprint density at radius 3 is 2.74 bits per heavy atom. The molecule has 0 radical (unpaired) electrons. The van der Waals surface area contributed by atoms with Gasteiger partial charge in [0.05, 0.1) is 17.5 Å². The number of fused-ring (bicyclic) bond motifs is 1. The molecule has 0 saturated carbocycles. The van der Waals surface area contributed by atoms with Crippen molar-refractivity contribution >= 4 is 29.1 Å². The predicted molar refractivity (Wildman–Crippen MR) is 73.8 cm³/mol. The van der Waals surface area contributed by atoms with Crippen molar-refractivity contribution in [2.75, 3.05) is 4.90 Å². The molecule has 2 amide bonds. The second-order valence-corrected chi connectivity index (χ2v) is 5.58. The average Bonchev–Trinajstić information content (AvgIpc) is 2.63. The Hall–Kier alpha value is -1.61. The smallest absolute Gasteiger partial charge is 0.238 e. The Labute approximate surface area is 116 Å². The van der Waals surface area contributed by atoms with Crippen LogP contribution in [0.2, 0.25) is 5.02 Å². The van der Waals surface area contributed by atoms with Crippen LogP contribution in [0.1, 0.15) is 13.3 Å². The summed E-state index contributed by atoms with van der Waals surface area (Å²) in [4.78, 5) is 26.2. The van der Waals surface area contributed by atoms with Gasteiger partial charge in [-0.05, 0) is 30.5 Å². The third kappa shape index (κ3) is 1.89. The highest BCUT2D eigenvalue weighted by molar-refractivity contribution is 6.31. The summed E-state index contributed by atoms with van der Waals surface area (Å²) in [5.74, 6) is -0.537. The summed E-state index contributed by atoms with van der Waals surface area (Å²) in [5.41, 5.74) is 0.573. The summed E-state index contributed by atoms with van der Waals surface area (Å²) < 4.78 is 0. The molecule has 4 heteroatoms. The number of rotatable bonds is 1. The molecule has 0 spiro atoms. The highest BCUT2D eigenvalue weighted by Gasteiger charge is 2.50. The van der Waals surface area contributed by atoms with Crippen LogP contribution in [0.5, 0.6) is 0 Å². The molecule has 19 heavy (non-hydrogen) atoms. The van der Waals surface area contributed by atoms with Gasteiger partial charge in [0.15, 0.2) is 0 Å². The van der Waals surface area contributed by atoms with Gasteiger partial charge in [0.2, 0.25) is 11.8 Å². The van der Waals surface area contributed by atoms with Crippen molar-refractivity contribution in [2.45, 2.75) is 13.3 Å². The summed E-state index contributed by atoms with van der Waals surface area (Å²) in [6, 6.07) is 6.89. The number of hydrogen-bond acceptors (Lipinski definition) is 2. The van der Waals surface area contributed by atoms with Crippen LogP contribution >= 0.6 is 11.6 Å². The molecule has 1 aromatic carbocycles. The Morgan fingerprint density at radius 1 is 1.26 bits per heavy atom. The molecule has 0 N–H and O–H groups in total. The Morgan fingerprint density at radius 2 is 2.05 bits per heavy atom. The molecule has 0 unspecified atom stereocenters. The van der Waals surface area contributed by atoms with Gasteiger partial charge in [-0.15, -0.1) is 0 Å². The van der Waals surface area contributed by atoms with E-state index in [9.17, 15) is 9.59 Å². The van der Waals surface area contributed by atoms with Crippen molar-refractivity contribution in [3.05, 3.63) is 41.4 Å². The fourth-order valence-corrected chi connectivity index (χ4v) is 3.20. The lowest BCUT2D eigenvalue weighted by molar-refractivity contribution is -0.122. The van der Waals surface area contributed by atoms with Crippen molar-refractivity contribution in [2.24, 2.45) is 17.8 Å². The van der Waals surface area contributed by atoms with Gasteiger partial charge in [-0.25, -0.2) is 4.90 Å². The Bertz CT molecular complexity index is 581. The summed E-state index contributed by atoms with van der Waals surface area (Å²) in [6.45, 7) is 1.99. The minimum atomic E-state index is -0.225. The van der Waals surface area contributed by atoms with E-state index >= 15 is 0 Å². The molecule has 0 bridgehead atoms. The third-order valence-corrected chi connectivity index (χ3v) is 4.17. The van der Waals surface area contributed by atoms with Gasteiger partial charge in [0, 0.05) is 5.02 Å². The van der Waals surface area contributed by atoms with Gasteiger partial charge in [0.1, 0.15) is 0 Å². The number of allylic oxidation sites excluding steroid dienone is 2. The zero-order valence-corrected chi connectivity index (χ0v) is 11.3. The van der Waals surface area contributed by atoms with E-state index in [0.29, 0.717) is 17.1 Å². The number of carbonyl (C=O) groups is 2. The summed E-state index contributed by atoms with van der Waals surface area (Å²) in [5, 5.41) is 0.527. The van der Waals surface area contributed by atoms with Crippen molar-refractivity contribution in [3.8, 4) is 0 Å². The summed E-state index contributed by atoms with van der Waals surface area (Å²) in [7, 11) is 0. The van der Waals surface area contributed by atoms with Crippen LogP contribution in [-0.4, -0.2) is 11.8 Å². The Balaban J connectivity index is 2.01. The van der Waals surface area contributed by atoms with Crippen molar-refractivity contribution in [1.29, 1.82) is 0 Å². The third-order valence-electron chi connectivity index (χ3n) is 3.94. The van der Waals surface area contributed by atoms with E-state index in [2.05, 4.69) is 0 Å². The lowest BCUT2D eigenvalue weighted by atomic mass is 9.78. The lowest BCUT2D eigenvalue weighted by Gasteiger charge is -2.22. The molecule has 98 valence electrons. The van der Waals surface area contributed by atoms with Crippen LogP contribution in [0.25, 0.3) is 0 Å². The van der Waals surface area contributed by atoms with E-state index in [4.69, 9.17) is 11.6 Å². The zero-order chi connectivity index (χ0) is 13.6. The number of halogens is 1. The molecule has 1 heterocycles. The number of imide groups is 1. The van der Waals surface area contributed by atoms with E-state index in [-0.39, 0.29) is 29.6 Å². The molecule has 1 aromatic rings. The molecule has 0 aromatic heterocycles. The van der Waals surface area contributed by atoms with Crippen LogP contribution in [0.3, 0.4) is 0 Å². The standard InChI is InChI=1S/C15H14ClNO2/c1-9-4-2-7-12-13(9)15(19)17(14(12)18)11-6-3-5-10(16)8-11/h2-6,8-9,12-13H,7H2,1H3/t9-,12+,13+/m0/s1. The largest absolute Gasteiger partial charge is 0.274 e. The predicted octanol–water partition coefficient (Wildman–Crippen LogP) is 3.04.